The van der Waals surface area contributed by atoms with Gasteiger partial charge in [-0.25, -0.2) is 9.78 Å². The molecule has 2 aromatic carbocycles. The standard InChI is InChI=1S/C28H28N4O5/c1-19-23(30-26-17-22(14-15-31(19)26)29-27(33)37-28(2,3)4)12-10-20-11-13-24(32(34)35)25(16-20)36-18-21-8-6-5-7-9-21/h5-17H,18H2,1-4H3,(H,29,33)/b12-10+. The van der Waals surface area contributed by atoms with Crippen LogP contribution in [0.5, 0.6) is 5.75 Å². The van der Waals surface area contributed by atoms with Gasteiger partial charge in [0.05, 0.1) is 10.6 Å². The van der Waals surface area contributed by atoms with E-state index in [0.29, 0.717) is 11.3 Å². The van der Waals surface area contributed by atoms with Crippen molar-refractivity contribution in [3.05, 3.63) is 99.5 Å². The number of ether oxygens (including phenoxy) is 2. The van der Waals surface area contributed by atoms with Crippen molar-refractivity contribution in [3.8, 4) is 5.75 Å². The van der Waals surface area contributed by atoms with E-state index >= 15 is 0 Å². The summed E-state index contributed by atoms with van der Waals surface area (Å²) >= 11 is 0. The molecule has 0 radical (unpaired) electrons. The van der Waals surface area contributed by atoms with Crippen LogP contribution in [0, 0.1) is 17.0 Å². The van der Waals surface area contributed by atoms with Crippen molar-refractivity contribution in [1.29, 1.82) is 0 Å². The molecular formula is C28H28N4O5. The fourth-order valence-corrected chi connectivity index (χ4v) is 3.65. The summed E-state index contributed by atoms with van der Waals surface area (Å²) in [6.45, 7) is 7.56. The Labute approximate surface area is 214 Å². The van der Waals surface area contributed by atoms with E-state index < -0.39 is 16.6 Å². The summed E-state index contributed by atoms with van der Waals surface area (Å²) in [5, 5.41) is 14.2. The topological polar surface area (TPSA) is 108 Å². The average molecular weight is 501 g/mol. The van der Waals surface area contributed by atoms with Crippen molar-refractivity contribution in [2.45, 2.75) is 39.9 Å². The van der Waals surface area contributed by atoms with E-state index in [2.05, 4.69) is 10.3 Å². The van der Waals surface area contributed by atoms with Crippen molar-refractivity contribution in [2.24, 2.45) is 0 Å². The molecule has 4 aromatic rings. The summed E-state index contributed by atoms with van der Waals surface area (Å²) in [6, 6.07) is 17.7. The van der Waals surface area contributed by atoms with Crippen molar-refractivity contribution >= 4 is 35.3 Å². The second-order valence-electron chi connectivity index (χ2n) is 9.44. The molecule has 0 spiro atoms. The van der Waals surface area contributed by atoms with Crippen molar-refractivity contribution in [3.63, 3.8) is 0 Å². The summed E-state index contributed by atoms with van der Waals surface area (Å²) < 4.78 is 13.0. The Morgan fingerprint density at radius 3 is 2.57 bits per heavy atom. The third kappa shape index (κ3) is 6.52. The number of rotatable bonds is 7. The quantitative estimate of drug-likeness (QED) is 0.225. The second kappa shape index (κ2) is 10.5. The molecule has 1 N–H and O–H groups in total. The van der Waals surface area contributed by atoms with E-state index in [0.717, 1.165) is 22.5 Å². The molecule has 0 aliphatic rings. The lowest BCUT2D eigenvalue weighted by Crippen LogP contribution is -2.27. The maximum atomic E-state index is 12.1. The molecule has 4 rings (SSSR count). The Bertz CT molecular complexity index is 1470. The van der Waals surface area contributed by atoms with Crippen LogP contribution in [0.2, 0.25) is 0 Å². The van der Waals surface area contributed by atoms with Crippen molar-refractivity contribution in [2.75, 3.05) is 5.32 Å². The van der Waals surface area contributed by atoms with Crippen LogP contribution in [0.3, 0.4) is 0 Å². The number of hydrogen-bond acceptors (Lipinski definition) is 6. The van der Waals surface area contributed by atoms with Gasteiger partial charge in [0, 0.05) is 29.7 Å². The van der Waals surface area contributed by atoms with Crippen molar-refractivity contribution in [1.82, 2.24) is 9.38 Å². The Balaban J connectivity index is 1.54. The fraction of sp³-hybridized carbons (Fsp3) is 0.214. The number of nitro groups is 1. The molecule has 0 saturated heterocycles. The molecule has 190 valence electrons. The number of benzene rings is 2. The van der Waals surface area contributed by atoms with Crippen LogP contribution < -0.4 is 10.1 Å². The van der Waals surface area contributed by atoms with E-state index in [-0.39, 0.29) is 18.0 Å². The lowest BCUT2D eigenvalue weighted by Gasteiger charge is -2.19. The predicted octanol–water partition coefficient (Wildman–Crippen LogP) is 6.65. The number of amides is 1. The first-order valence-electron chi connectivity index (χ1n) is 11.7. The number of imidazole rings is 1. The highest BCUT2D eigenvalue weighted by Crippen LogP contribution is 2.30. The molecule has 9 heteroatoms. The highest BCUT2D eigenvalue weighted by molar-refractivity contribution is 5.85. The van der Waals surface area contributed by atoms with E-state index in [1.54, 1.807) is 45.0 Å². The summed E-state index contributed by atoms with van der Waals surface area (Å²) in [6.07, 6.45) is 4.95. The minimum Gasteiger partial charge on any atom is -0.482 e. The summed E-state index contributed by atoms with van der Waals surface area (Å²) in [5.74, 6) is 0.195. The Morgan fingerprint density at radius 2 is 1.86 bits per heavy atom. The second-order valence-corrected chi connectivity index (χ2v) is 9.44. The molecule has 2 aromatic heterocycles. The van der Waals surface area contributed by atoms with Gasteiger partial charge in [0.2, 0.25) is 0 Å². The molecule has 0 bridgehead atoms. The third-order valence-corrected chi connectivity index (χ3v) is 5.40. The molecule has 37 heavy (non-hydrogen) atoms. The molecule has 0 saturated carbocycles. The number of fused-ring (bicyclic) bond motifs is 1. The van der Waals surface area contributed by atoms with Crippen LogP contribution in [0.4, 0.5) is 16.2 Å². The number of hydrogen-bond donors (Lipinski definition) is 1. The number of aromatic nitrogens is 2. The Morgan fingerprint density at radius 1 is 1.11 bits per heavy atom. The van der Waals surface area contributed by atoms with Crippen LogP contribution >= 0.6 is 0 Å². The maximum absolute atomic E-state index is 12.1. The summed E-state index contributed by atoms with van der Waals surface area (Å²) in [4.78, 5) is 27.8. The van der Waals surface area contributed by atoms with Gasteiger partial charge >= 0.3 is 11.8 Å². The van der Waals surface area contributed by atoms with Gasteiger partial charge in [-0.1, -0.05) is 36.4 Å². The van der Waals surface area contributed by atoms with E-state index in [4.69, 9.17) is 9.47 Å². The van der Waals surface area contributed by atoms with E-state index in [9.17, 15) is 14.9 Å². The minimum absolute atomic E-state index is 0.0954. The highest BCUT2D eigenvalue weighted by Gasteiger charge is 2.17. The maximum Gasteiger partial charge on any atom is 0.412 e. The molecule has 0 atom stereocenters. The minimum atomic E-state index is -0.597. The van der Waals surface area contributed by atoms with Gasteiger partial charge < -0.3 is 13.9 Å². The van der Waals surface area contributed by atoms with Gasteiger partial charge in [-0.05, 0) is 63.1 Å². The zero-order valence-corrected chi connectivity index (χ0v) is 21.1. The zero-order valence-electron chi connectivity index (χ0n) is 21.1. The van der Waals surface area contributed by atoms with Crippen LogP contribution in [-0.2, 0) is 11.3 Å². The molecule has 0 unspecified atom stereocenters. The number of pyridine rings is 1. The SMILES string of the molecule is Cc1c(/C=C/c2ccc([N+](=O)[O-])c(OCc3ccccc3)c2)nc2cc(NC(=O)OC(C)(C)C)ccn12. The van der Waals surface area contributed by atoms with Gasteiger partial charge in [-0.3, -0.25) is 15.4 Å². The van der Waals surface area contributed by atoms with Crippen molar-refractivity contribution < 1.29 is 19.2 Å². The molecule has 0 aliphatic carbocycles. The largest absolute Gasteiger partial charge is 0.482 e. The van der Waals surface area contributed by atoms with Gasteiger partial charge in [0.25, 0.3) is 0 Å². The highest BCUT2D eigenvalue weighted by atomic mass is 16.6. The van der Waals surface area contributed by atoms with Gasteiger partial charge in [-0.15, -0.1) is 0 Å². The number of nitro benzene ring substituents is 1. The number of nitrogens with one attached hydrogen (secondary N) is 1. The number of anilines is 1. The number of aryl methyl sites for hydroxylation is 1. The van der Waals surface area contributed by atoms with E-state index in [1.807, 2.05) is 60.0 Å². The molecule has 9 nitrogen and oxygen atoms in total. The lowest BCUT2D eigenvalue weighted by atomic mass is 10.1. The van der Waals surface area contributed by atoms with Crippen LogP contribution in [-0.4, -0.2) is 26.0 Å². The van der Waals surface area contributed by atoms with Gasteiger partial charge in [0.1, 0.15) is 17.9 Å². The number of nitrogens with zero attached hydrogens (tertiary/aromatic N) is 3. The molecule has 1 amide bonds. The molecule has 0 aliphatic heterocycles. The first-order chi connectivity index (χ1) is 17.6. The first-order valence-corrected chi connectivity index (χ1v) is 11.7. The zero-order chi connectivity index (χ0) is 26.6. The predicted molar refractivity (Wildman–Crippen MR) is 143 cm³/mol. The van der Waals surface area contributed by atoms with Gasteiger partial charge in [0.15, 0.2) is 5.75 Å². The number of carbonyl (C=O) groups excluding carboxylic acids is 1. The Hall–Kier alpha value is -4.66. The normalized spacial score (nSPS) is 11.6. The Kier molecular flexibility index (Phi) is 7.24. The molecule has 0 fully saturated rings. The summed E-state index contributed by atoms with van der Waals surface area (Å²) in [7, 11) is 0. The molecule has 2 heterocycles. The lowest BCUT2D eigenvalue weighted by molar-refractivity contribution is -0.385. The van der Waals surface area contributed by atoms with Crippen LogP contribution in [0.15, 0.2) is 66.9 Å². The fourth-order valence-electron chi connectivity index (χ4n) is 3.65. The van der Waals surface area contributed by atoms with Crippen LogP contribution in [0.25, 0.3) is 17.8 Å². The van der Waals surface area contributed by atoms with E-state index in [1.165, 1.54) is 6.07 Å². The summed E-state index contributed by atoms with van der Waals surface area (Å²) in [5.41, 5.74) is 3.80. The molecular weight excluding hydrogens is 472 g/mol. The van der Waals surface area contributed by atoms with Crippen LogP contribution in [0.1, 0.15) is 43.3 Å². The smallest absolute Gasteiger partial charge is 0.412 e. The van der Waals surface area contributed by atoms with Gasteiger partial charge in [-0.2, -0.15) is 0 Å². The number of carbonyl (C=O) groups is 1. The third-order valence-electron chi connectivity index (χ3n) is 5.40. The average Bonchev–Trinajstić information content (AvgIpc) is 3.15. The first kappa shape index (κ1) is 25.4. The monoisotopic (exact) mass is 500 g/mol.